The summed E-state index contributed by atoms with van der Waals surface area (Å²) in [5.41, 5.74) is 3.97. The fraction of sp³-hybridized carbons (Fsp3) is 0.455. The zero-order valence-corrected chi connectivity index (χ0v) is 18.8. The third-order valence-electron chi connectivity index (χ3n) is 4.98. The maximum absolute atomic E-state index is 6.32. The van der Waals surface area contributed by atoms with E-state index in [2.05, 4.69) is 70.9 Å². The summed E-state index contributed by atoms with van der Waals surface area (Å²) in [6.07, 6.45) is 2.01. The van der Waals surface area contributed by atoms with Gasteiger partial charge in [-0.25, -0.2) is 9.34 Å². The maximum Gasteiger partial charge on any atom is 0.188 e. The molecule has 1 aliphatic heterocycles. The van der Waals surface area contributed by atoms with Gasteiger partial charge in [-0.1, -0.05) is 60.2 Å². The molecule has 0 aliphatic carbocycles. The Kier molecular flexibility index (Phi) is 9.04. The zero-order chi connectivity index (χ0) is 19.8. The smallest absolute Gasteiger partial charge is 0.188 e. The third kappa shape index (κ3) is 5.92. The second-order valence-corrected chi connectivity index (χ2v) is 9.65. The van der Waals surface area contributed by atoms with Gasteiger partial charge in [0.15, 0.2) is 8.45 Å². The topological polar surface area (TPSA) is 15.7 Å². The van der Waals surface area contributed by atoms with Crippen LogP contribution in [0.2, 0.25) is 0 Å². The minimum Gasteiger partial charge on any atom is -0.331 e. The van der Waals surface area contributed by atoms with Crippen LogP contribution in [0.1, 0.15) is 29.2 Å². The Morgan fingerprint density at radius 1 is 1.04 bits per heavy atom. The van der Waals surface area contributed by atoms with Crippen LogP contribution in [0, 0.1) is 6.92 Å². The summed E-state index contributed by atoms with van der Waals surface area (Å²) in [4.78, 5) is 0. The lowest BCUT2D eigenvalue weighted by atomic mass is 9.98. The van der Waals surface area contributed by atoms with E-state index in [-0.39, 0.29) is 6.04 Å². The summed E-state index contributed by atoms with van der Waals surface area (Å²) in [6.45, 7) is 5.55. The summed E-state index contributed by atoms with van der Waals surface area (Å²) < 4.78 is 11.2. The predicted octanol–water partition coefficient (Wildman–Crippen LogP) is 6.01. The van der Waals surface area contributed by atoms with Crippen molar-refractivity contribution in [2.24, 2.45) is 0 Å². The van der Waals surface area contributed by atoms with Gasteiger partial charge >= 0.3 is 0 Å². The number of halogens is 2. The lowest BCUT2D eigenvalue weighted by Gasteiger charge is -2.44. The van der Waals surface area contributed by atoms with Gasteiger partial charge in [0.25, 0.3) is 0 Å². The van der Waals surface area contributed by atoms with Gasteiger partial charge in [0.1, 0.15) is 0 Å². The Morgan fingerprint density at radius 3 is 2.36 bits per heavy atom. The second-order valence-electron chi connectivity index (χ2n) is 7.05. The number of hydrogen-bond donors (Lipinski definition) is 0. The minimum absolute atomic E-state index is 0.267. The molecule has 2 atom stereocenters. The molecule has 1 unspecified atom stereocenters. The molecule has 3 nitrogen and oxygen atoms in total. The van der Waals surface area contributed by atoms with E-state index in [1.54, 1.807) is 0 Å². The fourth-order valence-corrected chi connectivity index (χ4v) is 6.43. The highest BCUT2D eigenvalue weighted by Crippen LogP contribution is 2.52. The van der Waals surface area contributed by atoms with Crippen LogP contribution in [0.25, 0.3) is 0 Å². The molecule has 1 heterocycles. The van der Waals surface area contributed by atoms with Crippen LogP contribution in [0.15, 0.2) is 54.6 Å². The van der Waals surface area contributed by atoms with E-state index >= 15 is 0 Å². The largest absolute Gasteiger partial charge is 0.331 e. The monoisotopic (exact) mass is 438 g/mol. The molecule has 152 valence electrons. The van der Waals surface area contributed by atoms with Gasteiger partial charge in [-0.2, -0.15) is 0 Å². The Morgan fingerprint density at radius 2 is 1.71 bits per heavy atom. The van der Waals surface area contributed by atoms with Crippen LogP contribution in [0.3, 0.4) is 0 Å². The predicted molar refractivity (Wildman–Crippen MR) is 121 cm³/mol. The molecule has 0 spiro atoms. The first-order valence-electron chi connectivity index (χ1n) is 9.90. The van der Waals surface area contributed by atoms with Gasteiger partial charge in [-0.15, -0.1) is 23.2 Å². The zero-order valence-electron chi connectivity index (χ0n) is 16.4. The molecule has 1 aliphatic rings. The van der Waals surface area contributed by atoms with Gasteiger partial charge < -0.3 is 4.52 Å². The molecule has 0 radical (unpaired) electrons. The number of rotatable bonds is 9. The highest BCUT2D eigenvalue weighted by molar-refractivity contribution is 7.47. The Bertz CT molecular complexity index is 695. The first-order valence-corrected chi connectivity index (χ1v) is 12.1. The number of aryl methyl sites for hydroxylation is 1. The van der Waals surface area contributed by atoms with Crippen molar-refractivity contribution in [1.29, 1.82) is 0 Å². The van der Waals surface area contributed by atoms with E-state index in [0.717, 1.165) is 39.1 Å². The van der Waals surface area contributed by atoms with E-state index in [1.807, 2.05) is 0 Å². The molecule has 1 fully saturated rings. The van der Waals surface area contributed by atoms with Gasteiger partial charge in [-0.05, 0) is 30.9 Å². The number of alkyl halides is 2. The van der Waals surface area contributed by atoms with Crippen molar-refractivity contribution < 1.29 is 4.52 Å². The van der Waals surface area contributed by atoms with Crippen molar-refractivity contribution in [3.05, 3.63) is 71.3 Å². The molecule has 0 saturated carbocycles. The van der Waals surface area contributed by atoms with E-state index in [1.165, 1.54) is 16.7 Å². The number of hydrogen-bond acceptors (Lipinski definition) is 3. The highest BCUT2D eigenvalue weighted by Gasteiger charge is 2.35. The van der Waals surface area contributed by atoms with Crippen LogP contribution in [-0.4, -0.2) is 47.3 Å². The molecule has 0 aromatic heterocycles. The minimum atomic E-state index is -0.878. The molecule has 1 saturated heterocycles. The average molecular weight is 439 g/mol. The van der Waals surface area contributed by atoms with Crippen LogP contribution >= 0.6 is 31.7 Å². The van der Waals surface area contributed by atoms with E-state index in [9.17, 15) is 0 Å². The Balaban J connectivity index is 1.90. The van der Waals surface area contributed by atoms with Gasteiger partial charge in [0.05, 0.1) is 6.61 Å². The van der Waals surface area contributed by atoms with Gasteiger partial charge in [-0.3, -0.25) is 0 Å². The van der Waals surface area contributed by atoms with Crippen molar-refractivity contribution in [1.82, 2.24) is 9.34 Å². The van der Waals surface area contributed by atoms with Gasteiger partial charge in [0.2, 0.25) is 0 Å². The molecule has 0 N–H and O–H groups in total. The Labute approximate surface area is 180 Å². The third-order valence-corrected chi connectivity index (χ3v) is 7.53. The van der Waals surface area contributed by atoms with Crippen LogP contribution in [0.5, 0.6) is 0 Å². The number of benzene rings is 2. The first-order chi connectivity index (χ1) is 13.7. The van der Waals surface area contributed by atoms with Crippen molar-refractivity contribution in [3.63, 3.8) is 0 Å². The van der Waals surface area contributed by atoms with Crippen molar-refractivity contribution in [2.45, 2.75) is 25.8 Å². The summed E-state index contributed by atoms with van der Waals surface area (Å²) in [5.74, 6) is 1.17. The fourth-order valence-electron chi connectivity index (χ4n) is 3.55. The molecule has 6 heteroatoms. The molecule has 0 bridgehead atoms. The lowest BCUT2D eigenvalue weighted by molar-refractivity contribution is 0.180. The molecule has 28 heavy (non-hydrogen) atoms. The number of nitrogens with zero attached hydrogens (tertiary/aromatic N) is 2. The molecule has 2 aromatic rings. The van der Waals surface area contributed by atoms with Crippen LogP contribution < -0.4 is 0 Å². The van der Waals surface area contributed by atoms with Crippen LogP contribution in [0.4, 0.5) is 0 Å². The molecule has 3 rings (SSSR count). The van der Waals surface area contributed by atoms with E-state index in [4.69, 9.17) is 27.7 Å². The summed E-state index contributed by atoms with van der Waals surface area (Å²) in [6, 6.07) is 19.9. The molecule has 2 aromatic carbocycles. The summed E-state index contributed by atoms with van der Waals surface area (Å²) in [5, 5.41) is 0. The quantitative estimate of drug-likeness (QED) is 0.352. The SMILES string of the molecule is Cc1ccc(CC(c2ccccc2)N2CCCO[P@]2N(CCCl)CCCl)cc1. The molecular weight excluding hydrogens is 410 g/mol. The van der Waals surface area contributed by atoms with Gasteiger partial charge in [0, 0.05) is 37.4 Å². The highest BCUT2D eigenvalue weighted by atomic mass is 35.5. The first kappa shape index (κ1) is 22.0. The molecular formula is C22H29Cl2N2OP. The molecule has 0 amide bonds. The van der Waals surface area contributed by atoms with Crippen molar-refractivity contribution >= 4 is 31.7 Å². The lowest BCUT2D eigenvalue weighted by Crippen LogP contribution is -2.39. The Hall–Kier alpha value is -0.670. The maximum atomic E-state index is 6.32. The van der Waals surface area contributed by atoms with Crippen molar-refractivity contribution in [2.75, 3.05) is 38.0 Å². The van der Waals surface area contributed by atoms with E-state index in [0.29, 0.717) is 11.8 Å². The van der Waals surface area contributed by atoms with E-state index < -0.39 is 8.45 Å². The van der Waals surface area contributed by atoms with Crippen LogP contribution in [-0.2, 0) is 10.9 Å². The normalized spacial score (nSPS) is 19.1. The average Bonchev–Trinajstić information content (AvgIpc) is 2.74. The summed E-state index contributed by atoms with van der Waals surface area (Å²) >= 11 is 12.2. The summed E-state index contributed by atoms with van der Waals surface area (Å²) in [7, 11) is -0.878. The second kappa shape index (κ2) is 11.5. The van der Waals surface area contributed by atoms with Crippen molar-refractivity contribution in [3.8, 4) is 0 Å². The standard InChI is InChI=1S/C22H29Cl2N2OP/c1-19-8-10-20(11-9-19)18-22(21-6-3-2-4-7-21)26-14-5-17-27-28(26)25(15-12-23)16-13-24/h2-4,6-11,22H,5,12-18H2,1H3/t22?,28-/m1/s1.